The molecule has 4 aromatic rings. The highest BCUT2D eigenvalue weighted by molar-refractivity contribution is 7.22. The number of hydrogen-bond donors (Lipinski definition) is 0. The molecule has 1 amide bonds. The molecule has 25 heavy (non-hydrogen) atoms. The molecule has 0 atom stereocenters. The van der Waals surface area contributed by atoms with Crippen LogP contribution in [0, 0.1) is 0 Å². The zero-order chi connectivity index (χ0) is 17.2. The molecular weight excluding hydrogens is 356 g/mol. The smallest absolute Gasteiger partial charge is 0.270 e. The number of fused-ring (bicyclic) bond motifs is 1. The van der Waals surface area contributed by atoms with Gasteiger partial charge < -0.3 is 9.15 Å². The molecule has 0 aliphatic carbocycles. The standard InChI is InChI=1S/C18H14N2O3S2/c1-22-12-6-7-15-14(10-12)19-18(25-15)20(11-13-4-2-8-23-13)17(21)16-5-3-9-24-16/h2-10H,11H2,1H3. The molecule has 1 aromatic carbocycles. The number of anilines is 1. The zero-order valence-electron chi connectivity index (χ0n) is 13.3. The van der Waals surface area contributed by atoms with Gasteiger partial charge in [0.2, 0.25) is 0 Å². The minimum absolute atomic E-state index is 0.0857. The van der Waals surface area contributed by atoms with Crippen LogP contribution in [0.4, 0.5) is 5.13 Å². The van der Waals surface area contributed by atoms with E-state index in [1.807, 2.05) is 47.8 Å². The van der Waals surface area contributed by atoms with Crippen LogP contribution in [-0.2, 0) is 6.54 Å². The molecule has 126 valence electrons. The van der Waals surface area contributed by atoms with Crippen LogP contribution in [0.5, 0.6) is 5.75 Å². The largest absolute Gasteiger partial charge is 0.497 e. The summed E-state index contributed by atoms with van der Waals surface area (Å²) >= 11 is 2.89. The highest BCUT2D eigenvalue weighted by Gasteiger charge is 2.23. The summed E-state index contributed by atoms with van der Waals surface area (Å²) in [6, 6.07) is 13.1. The molecule has 0 saturated carbocycles. The van der Waals surface area contributed by atoms with Crippen molar-refractivity contribution in [3.05, 3.63) is 64.7 Å². The molecule has 7 heteroatoms. The summed E-state index contributed by atoms with van der Waals surface area (Å²) in [5.74, 6) is 1.37. The summed E-state index contributed by atoms with van der Waals surface area (Å²) < 4.78 is 11.7. The van der Waals surface area contributed by atoms with E-state index < -0.39 is 0 Å². The minimum atomic E-state index is -0.0857. The van der Waals surface area contributed by atoms with E-state index in [-0.39, 0.29) is 5.91 Å². The van der Waals surface area contributed by atoms with Gasteiger partial charge in [0.05, 0.1) is 35.0 Å². The van der Waals surface area contributed by atoms with E-state index in [2.05, 4.69) is 4.98 Å². The van der Waals surface area contributed by atoms with Gasteiger partial charge in [0.1, 0.15) is 11.5 Å². The highest BCUT2D eigenvalue weighted by Crippen LogP contribution is 2.33. The first kappa shape index (κ1) is 15.9. The van der Waals surface area contributed by atoms with Gasteiger partial charge in [0, 0.05) is 6.07 Å². The number of carbonyl (C=O) groups excluding carboxylic acids is 1. The quantitative estimate of drug-likeness (QED) is 0.506. The summed E-state index contributed by atoms with van der Waals surface area (Å²) in [6.07, 6.45) is 1.60. The van der Waals surface area contributed by atoms with E-state index in [1.54, 1.807) is 18.3 Å². The third-order valence-corrected chi connectivity index (χ3v) is 5.60. The summed E-state index contributed by atoms with van der Waals surface area (Å²) in [6.45, 7) is 0.334. The lowest BCUT2D eigenvalue weighted by Gasteiger charge is -2.17. The number of methoxy groups -OCH3 is 1. The topological polar surface area (TPSA) is 55.6 Å². The summed E-state index contributed by atoms with van der Waals surface area (Å²) in [7, 11) is 1.62. The van der Waals surface area contributed by atoms with Crippen LogP contribution in [0.25, 0.3) is 10.2 Å². The van der Waals surface area contributed by atoms with Gasteiger partial charge in [-0.1, -0.05) is 17.4 Å². The second kappa shape index (κ2) is 6.70. The third-order valence-electron chi connectivity index (χ3n) is 3.69. The van der Waals surface area contributed by atoms with Crippen molar-refractivity contribution in [2.45, 2.75) is 6.54 Å². The predicted octanol–water partition coefficient (Wildman–Crippen LogP) is 4.81. The number of carbonyl (C=O) groups is 1. The lowest BCUT2D eigenvalue weighted by molar-refractivity contribution is 0.0987. The molecule has 4 rings (SSSR count). The van der Waals surface area contributed by atoms with Gasteiger partial charge in [0.15, 0.2) is 5.13 Å². The molecule has 0 N–H and O–H groups in total. The minimum Gasteiger partial charge on any atom is -0.497 e. The molecule has 0 radical (unpaired) electrons. The summed E-state index contributed by atoms with van der Waals surface area (Å²) in [5, 5.41) is 2.53. The Hall–Kier alpha value is -2.64. The van der Waals surface area contributed by atoms with E-state index in [1.165, 1.54) is 22.7 Å². The van der Waals surface area contributed by atoms with Gasteiger partial charge in [-0.2, -0.15) is 0 Å². The lowest BCUT2D eigenvalue weighted by Crippen LogP contribution is -2.29. The van der Waals surface area contributed by atoms with Crippen molar-refractivity contribution in [3.63, 3.8) is 0 Å². The number of benzene rings is 1. The molecule has 0 aliphatic rings. The molecule has 0 saturated heterocycles. The molecule has 0 spiro atoms. The molecular formula is C18H14N2O3S2. The summed E-state index contributed by atoms with van der Waals surface area (Å²) in [4.78, 5) is 19.9. The Labute approximate surface area is 152 Å². The van der Waals surface area contributed by atoms with Gasteiger partial charge in [-0.3, -0.25) is 9.69 Å². The van der Waals surface area contributed by atoms with E-state index in [0.29, 0.717) is 22.3 Å². The Morgan fingerprint density at radius 1 is 1.28 bits per heavy atom. The fourth-order valence-corrected chi connectivity index (χ4v) is 4.07. The number of rotatable bonds is 5. The number of hydrogen-bond acceptors (Lipinski definition) is 6. The number of aromatic nitrogens is 1. The van der Waals surface area contributed by atoms with Crippen molar-refractivity contribution < 1.29 is 13.9 Å². The molecule has 0 bridgehead atoms. The number of furan rings is 1. The lowest BCUT2D eigenvalue weighted by atomic mass is 10.3. The van der Waals surface area contributed by atoms with Crippen LogP contribution in [0.1, 0.15) is 15.4 Å². The normalized spacial score (nSPS) is 10.9. The first-order valence-corrected chi connectivity index (χ1v) is 9.26. The van der Waals surface area contributed by atoms with Gasteiger partial charge >= 0.3 is 0 Å². The van der Waals surface area contributed by atoms with Crippen molar-refractivity contribution >= 4 is 43.9 Å². The van der Waals surface area contributed by atoms with Crippen molar-refractivity contribution in [1.29, 1.82) is 0 Å². The van der Waals surface area contributed by atoms with Gasteiger partial charge in [-0.15, -0.1) is 11.3 Å². The number of nitrogens with zero attached hydrogens (tertiary/aromatic N) is 2. The van der Waals surface area contributed by atoms with Crippen LogP contribution >= 0.6 is 22.7 Å². The molecule has 3 heterocycles. The summed E-state index contributed by atoms with van der Waals surface area (Å²) in [5.41, 5.74) is 0.808. The molecule has 0 aliphatic heterocycles. The van der Waals surface area contributed by atoms with Crippen molar-refractivity contribution in [2.75, 3.05) is 12.0 Å². The molecule has 5 nitrogen and oxygen atoms in total. The highest BCUT2D eigenvalue weighted by atomic mass is 32.1. The van der Waals surface area contributed by atoms with Gasteiger partial charge in [0.25, 0.3) is 5.91 Å². The van der Waals surface area contributed by atoms with Crippen LogP contribution in [0.3, 0.4) is 0 Å². The Balaban J connectivity index is 1.75. The first-order chi connectivity index (χ1) is 12.2. The predicted molar refractivity (Wildman–Crippen MR) is 99.7 cm³/mol. The number of amides is 1. The molecule has 3 aromatic heterocycles. The van der Waals surface area contributed by atoms with Gasteiger partial charge in [-0.25, -0.2) is 4.98 Å². The van der Waals surface area contributed by atoms with E-state index >= 15 is 0 Å². The van der Waals surface area contributed by atoms with Crippen molar-refractivity contribution in [3.8, 4) is 5.75 Å². The average Bonchev–Trinajstić information content (AvgIpc) is 3.39. The van der Waals surface area contributed by atoms with Crippen LogP contribution in [0.2, 0.25) is 0 Å². The van der Waals surface area contributed by atoms with Crippen LogP contribution < -0.4 is 9.64 Å². The maximum atomic E-state index is 13.0. The Morgan fingerprint density at radius 3 is 2.92 bits per heavy atom. The van der Waals surface area contributed by atoms with E-state index in [4.69, 9.17) is 9.15 Å². The third kappa shape index (κ3) is 3.16. The van der Waals surface area contributed by atoms with Crippen molar-refractivity contribution in [1.82, 2.24) is 4.98 Å². The number of thiazole rings is 1. The average molecular weight is 370 g/mol. The number of ether oxygens (including phenoxy) is 1. The monoisotopic (exact) mass is 370 g/mol. The number of thiophene rings is 1. The first-order valence-electron chi connectivity index (χ1n) is 7.57. The van der Waals surface area contributed by atoms with Crippen LogP contribution in [0.15, 0.2) is 58.5 Å². The molecule has 0 unspecified atom stereocenters. The maximum absolute atomic E-state index is 13.0. The molecule has 0 fully saturated rings. The fourth-order valence-electron chi connectivity index (χ4n) is 2.46. The maximum Gasteiger partial charge on any atom is 0.270 e. The zero-order valence-corrected chi connectivity index (χ0v) is 15.0. The second-order valence-corrected chi connectivity index (χ2v) is 7.23. The Kier molecular flexibility index (Phi) is 4.25. The van der Waals surface area contributed by atoms with Crippen molar-refractivity contribution in [2.24, 2.45) is 0 Å². The van der Waals surface area contributed by atoms with E-state index in [9.17, 15) is 4.79 Å². The second-order valence-electron chi connectivity index (χ2n) is 5.28. The SMILES string of the molecule is COc1ccc2sc(N(Cc3ccco3)C(=O)c3cccs3)nc2c1. The Morgan fingerprint density at radius 2 is 2.20 bits per heavy atom. The fraction of sp³-hybridized carbons (Fsp3) is 0.111. The van der Waals surface area contributed by atoms with Gasteiger partial charge in [-0.05, 0) is 35.7 Å². The van der Waals surface area contributed by atoms with E-state index in [0.717, 1.165) is 16.0 Å². The van der Waals surface area contributed by atoms with Crippen LogP contribution in [-0.4, -0.2) is 18.0 Å². The Bertz CT molecular complexity index is 991.